The van der Waals surface area contributed by atoms with Crippen molar-refractivity contribution in [3.63, 3.8) is 0 Å². The van der Waals surface area contributed by atoms with Crippen LogP contribution in [0.15, 0.2) is 30.7 Å². The fraction of sp³-hybridized carbons (Fsp3) is 0.182. The number of amides is 2. The van der Waals surface area contributed by atoms with Gasteiger partial charge in [0.05, 0.1) is 5.69 Å². The van der Waals surface area contributed by atoms with Gasteiger partial charge >= 0.3 is 0 Å². The monoisotopic (exact) mass is 451 g/mol. The molecule has 0 atom stereocenters. The molecule has 5 nitrogen and oxygen atoms in total. The maximum atomic E-state index is 12.0. The van der Waals surface area contributed by atoms with Gasteiger partial charge in [0.2, 0.25) is 5.91 Å². The zero-order valence-electron chi connectivity index (χ0n) is 9.47. The molecule has 0 radical (unpaired) electrons. The Hall–Kier alpha value is -0.730. The molecule has 1 aliphatic rings. The lowest BCUT2D eigenvalue weighted by Crippen LogP contribution is -2.32. The molecule has 2 N–H and O–H groups in total. The van der Waals surface area contributed by atoms with E-state index in [9.17, 15) is 9.59 Å². The molecule has 0 aliphatic carbocycles. The summed E-state index contributed by atoms with van der Waals surface area (Å²) < 4.78 is 2.36. The Kier molecular flexibility index (Phi) is 4.75. The van der Waals surface area contributed by atoms with Crippen LogP contribution in [0.25, 0.3) is 0 Å². The van der Waals surface area contributed by atoms with Crippen molar-refractivity contribution >= 4 is 71.0 Å². The lowest BCUT2D eigenvalue weighted by molar-refractivity contribution is -0.121. The first kappa shape index (κ1) is 14.7. The Bertz CT molecular complexity index is 564. The number of hydrogen-bond donors (Lipinski definition) is 2. The van der Waals surface area contributed by atoms with E-state index in [0.717, 1.165) is 13.4 Å². The van der Waals surface area contributed by atoms with Gasteiger partial charge in [-0.1, -0.05) is 15.9 Å². The third kappa shape index (κ3) is 3.64. The summed E-state index contributed by atoms with van der Waals surface area (Å²) in [5.74, 6) is -0.508. The summed E-state index contributed by atoms with van der Waals surface area (Å²) in [7, 11) is 0. The SMILES string of the molecule is O=C1CCC(C(=O)Nc2c(Br)cc(Br)cc2Br)=NN1. The zero-order valence-corrected chi connectivity index (χ0v) is 14.2. The van der Waals surface area contributed by atoms with Gasteiger partial charge in [0.15, 0.2) is 0 Å². The Morgan fingerprint density at radius 2 is 1.84 bits per heavy atom. The molecular weight excluding hydrogens is 446 g/mol. The summed E-state index contributed by atoms with van der Waals surface area (Å²) >= 11 is 10.1. The summed E-state index contributed by atoms with van der Waals surface area (Å²) in [4.78, 5) is 23.0. The maximum absolute atomic E-state index is 12.0. The second kappa shape index (κ2) is 6.15. The highest BCUT2D eigenvalue weighted by atomic mass is 79.9. The zero-order chi connectivity index (χ0) is 14.0. The largest absolute Gasteiger partial charge is 0.319 e. The van der Waals surface area contributed by atoms with Gasteiger partial charge in [-0.05, 0) is 44.0 Å². The highest BCUT2D eigenvalue weighted by Gasteiger charge is 2.20. The maximum Gasteiger partial charge on any atom is 0.271 e. The molecule has 2 amide bonds. The van der Waals surface area contributed by atoms with Crippen LogP contribution in [0.1, 0.15) is 12.8 Å². The summed E-state index contributed by atoms with van der Waals surface area (Å²) in [6.07, 6.45) is 0.609. The van der Waals surface area contributed by atoms with Crippen molar-refractivity contribution in [3.05, 3.63) is 25.6 Å². The van der Waals surface area contributed by atoms with Crippen molar-refractivity contribution in [1.82, 2.24) is 5.43 Å². The molecule has 1 aromatic carbocycles. The lowest BCUT2D eigenvalue weighted by Gasteiger charge is -2.14. The molecule has 1 heterocycles. The van der Waals surface area contributed by atoms with Crippen molar-refractivity contribution in [2.24, 2.45) is 5.10 Å². The number of nitrogens with zero attached hydrogens (tertiary/aromatic N) is 1. The first-order valence-electron chi connectivity index (χ1n) is 5.28. The molecule has 0 spiro atoms. The Morgan fingerprint density at radius 3 is 2.37 bits per heavy atom. The molecule has 0 bridgehead atoms. The van der Waals surface area contributed by atoms with Crippen molar-refractivity contribution in [3.8, 4) is 0 Å². The molecule has 100 valence electrons. The van der Waals surface area contributed by atoms with Crippen molar-refractivity contribution < 1.29 is 9.59 Å². The Morgan fingerprint density at radius 1 is 1.21 bits per heavy atom. The third-order valence-corrected chi connectivity index (χ3v) is 4.12. The average molecular weight is 454 g/mol. The van der Waals surface area contributed by atoms with E-state index in [1.807, 2.05) is 12.1 Å². The summed E-state index contributed by atoms with van der Waals surface area (Å²) in [6.45, 7) is 0. The van der Waals surface area contributed by atoms with E-state index in [2.05, 4.69) is 63.6 Å². The van der Waals surface area contributed by atoms with E-state index in [1.165, 1.54) is 0 Å². The first-order chi connectivity index (χ1) is 8.97. The van der Waals surface area contributed by atoms with Crippen LogP contribution in [-0.4, -0.2) is 17.5 Å². The van der Waals surface area contributed by atoms with E-state index in [1.54, 1.807) is 0 Å². The predicted molar refractivity (Wildman–Crippen MR) is 83.0 cm³/mol. The van der Waals surface area contributed by atoms with Gasteiger partial charge in [0, 0.05) is 26.3 Å². The standard InChI is InChI=1S/C11H8Br3N3O2/c12-5-3-6(13)10(7(14)4-5)15-11(19)8-1-2-9(18)17-16-8/h3-4H,1-2H2,(H,15,19)(H,17,18). The molecule has 0 fully saturated rings. The molecule has 19 heavy (non-hydrogen) atoms. The minimum absolute atomic E-state index is 0.178. The van der Waals surface area contributed by atoms with Crippen LogP contribution in [0.3, 0.4) is 0 Å². The molecule has 1 aliphatic heterocycles. The molecule has 0 saturated carbocycles. The molecule has 0 aromatic heterocycles. The summed E-state index contributed by atoms with van der Waals surface area (Å²) in [6, 6.07) is 3.65. The highest BCUT2D eigenvalue weighted by Crippen LogP contribution is 2.34. The number of benzene rings is 1. The molecule has 0 saturated heterocycles. The number of carbonyl (C=O) groups excluding carboxylic acids is 2. The number of rotatable bonds is 2. The average Bonchev–Trinajstić information content (AvgIpc) is 2.34. The normalized spacial score (nSPS) is 14.7. The van der Waals surface area contributed by atoms with Gasteiger partial charge in [0.1, 0.15) is 5.71 Å². The summed E-state index contributed by atoms with van der Waals surface area (Å²) in [5.41, 5.74) is 3.22. The van der Waals surface area contributed by atoms with E-state index in [0.29, 0.717) is 17.8 Å². The minimum atomic E-state index is -0.330. The van der Waals surface area contributed by atoms with Crippen LogP contribution in [0.5, 0.6) is 0 Å². The van der Waals surface area contributed by atoms with Gasteiger partial charge in [-0.15, -0.1) is 0 Å². The second-order valence-corrected chi connectivity index (χ2v) is 6.42. The second-order valence-electron chi connectivity index (χ2n) is 3.79. The van der Waals surface area contributed by atoms with Crippen LogP contribution < -0.4 is 10.7 Å². The fourth-order valence-electron chi connectivity index (χ4n) is 1.49. The number of halogens is 3. The van der Waals surface area contributed by atoms with Crippen LogP contribution in [-0.2, 0) is 9.59 Å². The van der Waals surface area contributed by atoms with Crippen LogP contribution in [0.2, 0.25) is 0 Å². The van der Waals surface area contributed by atoms with E-state index >= 15 is 0 Å². The first-order valence-corrected chi connectivity index (χ1v) is 7.66. The van der Waals surface area contributed by atoms with Gasteiger partial charge in [0.25, 0.3) is 5.91 Å². The topological polar surface area (TPSA) is 70.6 Å². The minimum Gasteiger partial charge on any atom is -0.319 e. The predicted octanol–water partition coefficient (Wildman–Crippen LogP) is 3.18. The third-order valence-electron chi connectivity index (χ3n) is 2.41. The van der Waals surface area contributed by atoms with Crippen LogP contribution in [0.4, 0.5) is 5.69 Å². The van der Waals surface area contributed by atoms with Crippen LogP contribution in [0, 0.1) is 0 Å². The molecule has 2 rings (SSSR count). The van der Waals surface area contributed by atoms with Crippen molar-refractivity contribution in [2.75, 3.05) is 5.32 Å². The van der Waals surface area contributed by atoms with E-state index in [4.69, 9.17) is 0 Å². The van der Waals surface area contributed by atoms with Gasteiger partial charge in [-0.2, -0.15) is 5.10 Å². The summed E-state index contributed by atoms with van der Waals surface area (Å²) in [5, 5.41) is 6.50. The quantitative estimate of drug-likeness (QED) is 0.722. The number of carbonyl (C=O) groups is 2. The Balaban J connectivity index is 2.18. The van der Waals surface area contributed by atoms with Crippen LogP contribution >= 0.6 is 47.8 Å². The number of nitrogens with one attached hydrogen (secondary N) is 2. The Labute approximate surface area is 134 Å². The molecular formula is C11H8Br3N3O2. The van der Waals surface area contributed by atoms with Crippen molar-refractivity contribution in [2.45, 2.75) is 12.8 Å². The van der Waals surface area contributed by atoms with Gasteiger partial charge < -0.3 is 5.32 Å². The van der Waals surface area contributed by atoms with Crippen molar-refractivity contribution in [1.29, 1.82) is 0 Å². The molecule has 1 aromatic rings. The molecule has 8 heteroatoms. The van der Waals surface area contributed by atoms with Gasteiger partial charge in [-0.3, -0.25) is 9.59 Å². The lowest BCUT2D eigenvalue weighted by atomic mass is 10.1. The fourth-order valence-corrected chi connectivity index (χ4v) is 3.94. The number of anilines is 1. The van der Waals surface area contributed by atoms with E-state index < -0.39 is 0 Å². The van der Waals surface area contributed by atoms with E-state index in [-0.39, 0.29) is 18.2 Å². The smallest absolute Gasteiger partial charge is 0.271 e. The number of hydrogen-bond acceptors (Lipinski definition) is 3. The number of hydrazone groups is 1. The molecule has 0 unspecified atom stereocenters. The highest BCUT2D eigenvalue weighted by molar-refractivity contribution is 9.11. The van der Waals surface area contributed by atoms with Gasteiger partial charge in [-0.25, -0.2) is 5.43 Å².